The van der Waals surface area contributed by atoms with E-state index in [1.807, 2.05) is 41.5 Å². The summed E-state index contributed by atoms with van der Waals surface area (Å²) in [4.78, 5) is 10.4. The maximum atomic E-state index is 10.4. The van der Waals surface area contributed by atoms with Crippen molar-refractivity contribution in [3.8, 4) is 0 Å². The largest absolute Gasteiger partial charge is 0.677 e. The Morgan fingerprint density at radius 3 is 1.16 bits per heavy atom. The molecule has 0 aliphatic heterocycles. The number of hydrogen-bond acceptors (Lipinski definition) is 5. The van der Waals surface area contributed by atoms with E-state index in [4.69, 9.17) is 18.4 Å². The molecule has 0 rings (SSSR count). The molecule has 25 heavy (non-hydrogen) atoms. The smallest absolute Gasteiger partial charge is 0.412 e. The second-order valence-corrected chi connectivity index (χ2v) is 7.37. The fourth-order valence-corrected chi connectivity index (χ4v) is 3.45. The van der Waals surface area contributed by atoms with E-state index < -0.39 is 9.05 Å². The molecule has 0 radical (unpaired) electrons. The van der Waals surface area contributed by atoms with Crippen LogP contribution < -0.4 is 0 Å². The van der Waals surface area contributed by atoms with Crippen molar-refractivity contribution in [3.05, 3.63) is 0 Å². The molecule has 0 aromatic carbocycles. The van der Waals surface area contributed by atoms with Gasteiger partial charge in [0.05, 0.1) is 0 Å². The van der Waals surface area contributed by atoms with Crippen LogP contribution in [0.5, 0.6) is 0 Å². The zero-order valence-corrected chi connectivity index (χ0v) is 20.6. The predicted octanol–water partition coefficient (Wildman–Crippen LogP) is 1.99. The van der Waals surface area contributed by atoms with Gasteiger partial charge in [0.15, 0.2) is 0 Å². The van der Waals surface area contributed by atoms with E-state index in [2.05, 4.69) is 6.92 Å². The number of aliphatic hydroxyl groups excluding tert-OH is 1. The van der Waals surface area contributed by atoms with Crippen LogP contribution in [0, 0.1) is 0 Å². The molecule has 3 atom stereocenters. The molecule has 0 fully saturated rings. The summed E-state index contributed by atoms with van der Waals surface area (Å²) in [5.74, 6) is 0. The van der Waals surface area contributed by atoms with Gasteiger partial charge in [0, 0.05) is 51.1 Å². The Kier molecular flexibility index (Phi) is 33.6. The van der Waals surface area contributed by atoms with Crippen LogP contribution in [0.15, 0.2) is 0 Å². The van der Waals surface area contributed by atoms with Gasteiger partial charge in [-0.3, -0.25) is 0 Å². The van der Waals surface area contributed by atoms with Crippen molar-refractivity contribution in [1.82, 2.24) is 0 Å². The number of hydrogen-bond donors (Lipinski definition) is 2. The Bertz CT molecular complexity index is 217. The van der Waals surface area contributed by atoms with Gasteiger partial charge in [0.25, 0.3) is 0 Å². The van der Waals surface area contributed by atoms with E-state index in [9.17, 15) is 4.80 Å². The van der Waals surface area contributed by atoms with Crippen LogP contribution in [0.3, 0.4) is 0 Å². The summed E-state index contributed by atoms with van der Waals surface area (Å²) in [7, 11) is -3.50. The van der Waals surface area contributed by atoms with Crippen LogP contribution in [-0.4, -0.2) is 54.8 Å². The molecule has 6 N–H and O–H groups in total. The summed E-state index contributed by atoms with van der Waals surface area (Å²) in [5, 5.41) is 8.07. The molecule has 0 aromatic rings. The van der Waals surface area contributed by atoms with E-state index in [-0.39, 0.29) is 55.5 Å². The minimum absolute atomic E-state index is 0. The monoisotopic (exact) mass is 464 g/mol. The standard InChI is InChI=1S/C12H28O4Si.C4H10O.2H2O.Zr/c1-7-10(4)14-17(13,15-11(5)8-2)16-12(6)9-3;1-2-3-4-5;;;/h10-13H,7-9H2,1-6H3;5H,2-4H2,1H3;2*1H2;. The van der Waals surface area contributed by atoms with E-state index in [1.54, 1.807) is 0 Å². The topological polar surface area (TPSA) is 131 Å². The van der Waals surface area contributed by atoms with Gasteiger partial charge in [-0.1, -0.05) is 34.1 Å². The van der Waals surface area contributed by atoms with E-state index >= 15 is 0 Å². The van der Waals surface area contributed by atoms with Crippen molar-refractivity contribution < 1.29 is 60.3 Å². The van der Waals surface area contributed by atoms with E-state index in [0.717, 1.165) is 32.1 Å². The molecule has 3 unspecified atom stereocenters. The Hall–Kier alpha value is 0.820. The van der Waals surface area contributed by atoms with Gasteiger partial charge in [0.1, 0.15) is 0 Å². The van der Waals surface area contributed by atoms with Crippen molar-refractivity contribution in [2.24, 2.45) is 0 Å². The van der Waals surface area contributed by atoms with Crippen LogP contribution in [0.25, 0.3) is 0 Å². The molecule has 0 spiro atoms. The van der Waals surface area contributed by atoms with E-state index in [1.165, 1.54) is 0 Å². The summed E-state index contributed by atoms with van der Waals surface area (Å²) < 4.78 is 16.7. The third-order valence-electron chi connectivity index (χ3n) is 3.29. The molecule has 7 nitrogen and oxygen atoms in total. The average molecular weight is 466 g/mol. The van der Waals surface area contributed by atoms with Gasteiger partial charge in [-0.25, -0.2) is 0 Å². The third kappa shape index (κ3) is 22.8. The van der Waals surface area contributed by atoms with Gasteiger partial charge in [-0.05, 0) is 46.5 Å². The van der Waals surface area contributed by atoms with Crippen LogP contribution in [-0.2, 0) is 39.5 Å². The summed E-state index contributed by atoms with van der Waals surface area (Å²) >= 11 is 0. The van der Waals surface area contributed by atoms with Gasteiger partial charge in [-0.15, -0.1) is 0 Å². The minimum atomic E-state index is -3.50. The van der Waals surface area contributed by atoms with Crippen LogP contribution in [0.4, 0.5) is 0 Å². The Labute approximate surface area is 174 Å². The quantitative estimate of drug-likeness (QED) is 0.450. The van der Waals surface area contributed by atoms with Gasteiger partial charge >= 0.3 is 9.05 Å². The maximum absolute atomic E-state index is 10.4. The van der Waals surface area contributed by atoms with Crippen molar-refractivity contribution in [2.45, 2.75) is 98.9 Å². The average Bonchev–Trinajstić information content (AvgIpc) is 2.47. The Balaban J connectivity index is -0.000000147. The maximum Gasteiger partial charge on any atom is 0.677 e. The van der Waals surface area contributed by atoms with Crippen molar-refractivity contribution in [3.63, 3.8) is 0 Å². The van der Waals surface area contributed by atoms with Crippen molar-refractivity contribution in [2.75, 3.05) is 6.61 Å². The zero-order chi connectivity index (χ0) is 17.6. The van der Waals surface area contributed by atoms with Gasteiger partial charge in [-0.2, -0.15) is 0 Å². The summed E-state index contributed by atoms with van der Waals surface area (Å²) in [6.07, 6.45) is 4.34. The molecule has 9 heteroatoms. The second-order valence-electron chi connectivity index (χ2n) is 5.61. The molecule has 0 aromatic heterocycles. The number of rotatable bonds is 11. The van der Waals surface area contributed by atoms with Gasteiger partial charge in [0.2, 0.25) is 0 Å². The SMILES string of the molecule is CCC(C)O[Si](O)(OC(C)CC)OC(C)CC.CCCCO.O.O.[Zr]. The third-order valence-corrected chi connectivity index (χ3v) is 5.39. The summed E-state index contributed by atoms with van der Waals surface area (Å²) in [5.41, 5.74) is 0. The minimum Gasteiger partial charge on any atom is -0.412 e. The van der Waals surface area contributed by atoms with Crippen LogP contribution in [0.2, 0.25) is 0 Å². The fraction of sp³-hybridized carbons (Fsp3) is 1.00. The van der Waals surface area contributed by atoms with Crippen molar-refractivity contribution >= 4 is 9.05 Å². The normalized spacial score (nSPS) is 15.7. The first-order valence-corrected chi connectivity index (χ1v) is 10.3. The fourth-order valence-electron chi connectivity index (χ4n) is 1.25. The summed E-state index contributed by atoms with van der Waals surface area (Å²) in [6.45, 7) is 14.2. The number of aliphatic hydroxyl groups is 1. The second kappa shape index (κ2) is 22.9. The molecule has 0 aliphatic rings. The first kappa shape index (κ1) is 36.7. The van der Waals surface area contributed by atoms with Gasteiger partial charge < -0.3 is 34.1 Å². The number of unbranched alkanes of at least 4 members (excludes halogenated alkanes) is 1. The Morgan fingerprint density at radius 2 is 1.04 bits per heavy atom. The predicted molar refractivity (Wildman–Crippen MR) is 99.7 cm³/mol. The molecule has 0 saturated carbocycles. The summed E-state index contributed by atoms with van der Waals surface area (Å²) in [6, 6.07) is 0. The van der Waals surface area contributed by atoms with Crippen LogP contribution in [0.1, 0.15) is 80.6 Å². The first-order valence-electron chi connectivity index (χ1n) is 8.64. The molecule has 0 heterocycles. The molecular formula is C16H42O7SiZr. The van der Waals surface area contributed by atoms with Crippen LogP contribution >= 0.6 is 0 Å². The van der Waals surface area contributed by atoms with E-state index in [0.29, 0.717) is 6.61 Å². The molecule has 0 aliphatic carbocycles. The first-order chi connectivity index (χ1) is 10.3. The molecular weight excluding hydrogens is 423 g/mol. The molecule has 0 saturated heterocycles. The molecule has 0 bridgehead atoms. The molecule has 156 valence electrons. The molecule has 0 amide bonds. The Morgan fingerprint density at radius 1 is 0.760 bits per heavy atom. The zero-order valence-electron chi connectivity index (χ0n) is 17.1. The van der Waals surface area contributed by atoms with Crippen molar-refractivity contribution in [1.29, 1.82) is 0 Å².